The molecular formula is C18H34O4. The minimum atomic E-state index is -1.20. The van der Waals surface area contributed by atoms with E-state index in [1.807, 2.05) is 0 Å². The molecule has 1 aliphatic carbocycles. The highest BCUT2D eigenvalue weighted by Gasteiger charge is 2.44. The van der Waals surface area contributed by atoms with E-state index in [2.05, 4.69) is 0 Å². The maximum Gasteiger partial charge on any atom is 0.169 e. The van der Waals surface area contributed by atoms with Gasteiger partial charge in [-0.05, 0) is 40.5 Å². The van der Waals surface area contributed by atoms with Crippen LogP contribution in [0.3, 0.4) is 0 Å². The summed E-state index contributed by atoms with van der Waals surface area (Å²) in [4.78, 5) is 22.2. The number of hydrogen-bond acceptors (Lipinski definition) is 4. The summed E-state index contributed by atoms with van der Waals surface area (Å²) in [5, 5.41) is 19.1. The second-order valence-corrected chi connectivity index (χ2v) is 8.53. The number of ketones is 1. The van der Waals surface area contributed by atoms with E-state index in [1.165, 1.54) is 20.3 Å². The molecule has 0 aromatic rings. The van der Waals surface area contributed by atoms with Crippen LogP contribution in [0.4, 0.5) is 0 Å². The molecule has 1 rings (SSSR count). The molecule has 1 fully saturated rings. The van der Waals surface area contributed by atoms with Crippen LogP contribution in [0.25, 0.3) is 0 Å². The molecule has 0 atom stereocenters. The van der Waals surface area contributed by atoms with Crippen LogP contribution in [0.1, 0.15) is 80.6 Å². The van der Waals surface area contributed by atoms with E-state index in [9.17, 15) is 19.8 Å². The average Bonchev–Trinajstić information content (AvgIpc) is 2.36. The first-order valence-corrected chi connectivity index (χ1v) is 8.13. The number of Topliss-reactive ketones (excluding diaryl/α,β-unsaturated/α-hetero) is 1. The van der Waals surface area contributed by atoms with Crippen molar-refractivity contribution in [3.63, 3.8) is 0 Å². The lowest BCUT2D eigenvalue weighted by atomic mass is 9.65. The first-order chi connectivity index (χ1) is 9.67. The number of aliphatic hydroxyl groups is 2. The van der Waals surface area contributed by atoms with E-state index in [-0.39, 0.29) is 5.78 Å². The third-order valence-electron chi connectivity index (χ3n) is 4.43. The van der Waals surface area contributed by atoms with E-state index in [0.29, 0.717) is 0 Å². The van der Waals surface area contributed by atoms with Gasteiger partial charge in [-0.25, -0.2) is 0 Å². The Hall–Kier alpha value is -0.740. The first-order valence-electron chi connectivity index (χ1n) is 8.13. The molecule has 0 aromatic carbocycles. The van der Waals surface area contributed by atoms with E-state index in [4.69, 9.17) is 0 Å². The normalized spacial score (nSPS) is 19.0. The van der Waals surface area contributed by atoms with Gasteiger partial charge in [-0.3, -0.25) is 4.79 Å². The van der Waals surface area contributed by atoms with E-state index < -0.39 is 22.0 Å². The topological polar surface area (TPSA) is 74.6 Å². The monoisotopic (exact) mass is 314 g/mol. The maximum atomic E-state index is 11.2. The van der Waals surface area contributed by atoms with Crippen molar-refractivity contribution in [1.82, 2.24) is 0 Å². The smallest absolute Gasteiger partial charge is 0.169 e. The van der Waals surface area contributed by atoms with Crippen LogP contribution in [-0.2, 0) is 9.59 Å². The summed E-state index contributed by atoms with van der Waals surface area (Å²) in [6.07, 6.45) is 6.00. The Labute approximate surface area is 135 Å². The van der Waals surface area contributed by atoms with Crippen molar-refractivity contribution in [2.45, 2.75) is 91.8 Å². The minimum Gasteiger partial charge on any atom is -0.389 e. The first kappa shape index (κ1) is 21.3. The van der Waals surface area contributed by atoms with Crippen molar-refractivity contribution in [1.29, 1.82) is 0 Å². The summed E-state index contributed by atoms with van der Waals surface area (Å²) >= 11 is 0. The molecule has 0 unspecified atom stereocenters. The lowest BCUT2D eigenvalue weighted by Gasteiger charge is -2.41. The lowest BCUT2D eigenvalue weighted by molar-refractivity contribution is -0.142. The predicted octanol–water partition coefficient (Wildman–Crippen LogP) is 3.28. The zero-order valence-corrected chi connectivity index (χ0v) is 15.3. The fourth-order valence-corrected chi connectivity index (χ4v) is 2.97. The Morgan fingerprint density at radius 2 is 1.32 bits per heavy atom. The summed E-state index contributed by atoms with van der Waals surface area (Å²) in [6.45, 7) is 11.9. The van der Waals surface area contributed by atoms with Gasteiger partial charge in [-0.15, -0.1) is 0 Å². The van der Waals surface area contributed by atoms with Crippen LogP contribution in [0.15, 0.2) is 0 Å². The van der Waals surface area contributed by atoms with Gasteiger partial charge in [0.15, 0.2) is 5.78 Å². The zero-order valence-electron chi connectivity index (χ0n) is 15.3. The van der Waals surface area contributed by atoms with Crippen molar-refractivity contribution in [2.75, 3.05) is 0 Å². The summed E-state index contributed by atoms with van der Waals surface area (Å²) in [5.74, 6) is -0.125. The Balaban J connectivity index is 0.000000409. The number of carbonyl (C=O) groups is 2. The fourth-order valence-electron chi connectivity index (χ4n) is 2.97. The highest BCUT2D eigenvalue weighted by atomic mass is 16.3. The van der Waals surface area contributed by atoms with Crippen LogP contribution in [0, 0.1) is 10.8 Å². The van der Waals surface area contributed by atoms with Crippen molar-refractivity contribution in [3.8, 4) is 0 Å². The summed E-state index contributed by atoms with van der Waals surface area (Å²) in [5.41, 5.74) is -2.96. The summed E-state index contributed by atoms with van der Waals surface area (Å²) in [6, 6.07) is 0. The average molecular weight is 314 g/mol. The predicted molar refractivity (Wildman–Crippen MR) is 88.6 cm³/mol. The molecule has 2 N–H and O–H groups in total. The SMILES string of the molecule is CC(C)(C)C(=O)C(C)(C)O.CC(C)(O)C1(C=O)CCCCC1. The van der Waals surface area contributed by atoms with Gasteiger partial charge in [0.25, 0.3) is 0 Å². The molecule has 0 radical (unpaired) electrons. The molecule has 130 valence electrons. The molecular weight excluding hydrogens is 280 g/mol. The molecule has 0 amide bonds. The molecule has 0 aliphatic heterocycles. The molecule has 0 spiro atoms. The molecule has 4 nitrogen and oxygen atoms in total. The molecule has 22 heavy (non-hydrogen) atoms. The minimum absolute atomic E-state index is 0.125. The number of hydrogen-bond donors (Lipinski definition) is 2. The maximum absolute atomic E-state index is 11.2. The third-order valence-corrected chi connectivity index (χ3v) is 4.43. The van der Waals surface area contributed by atoms with Crippen LogP contribution in [-0.4, -0.2) is 33.5 Å². The highest BCUT2D eigenvalue weighted by Crippen LogP contribution is 2.42. The van der Waals surface area contributed by atoms with Crippen molar-refractivity contribution < 1.29 is 19.8 Å². The van der Waals surface area contributed by atoms with Gasteiger partial charge >= 0.3 is 0 Å². The molecule has 0 bridgehead atoms. The Bertz CT molecular complexity index is 355. The van der Waals surface area contributed by atoms with Gasteiger partial charge in [-0.2, -0.15) is 0 Å². The Morgan fingerprint density at radius 3 is 1.45 bits per heavy atom. The largest absolute Gasteiger partial charge is 0.389 e. The third kappa shape index (κ3) is 5.81. The molecule has 0 heterocycles. The zero-order chi connectivity index (χ0) is 17.8. The molecule has 0 saturated heterocycles. The Morgan fingerprint density at radius 1 is 0.909 bits per heavy atom. The van der Waals surface area contributed by atoms with Crippen molar-refractivity contribution in [2.24, 2.45) is 10.8 Å². The van der Waals surface area contributed by atoms with Gasteiger partial charge in [-0.1, -0.05) is 40.0 Å². The molecule has 4 heteroatoms. The standard InChI is InChI=1S/C10H18O2.C8H16O2/c1-9(2,12)10(8-11)6-4-3-5-7-10;1-7(2,3)6(9)8(4,5)10/h8,12H,3-7H2,1-2H3;10H,1-5H3. The van der Waals surface area contributed by atoms with Crippen LogP contribution in [0.5, 0.6) is 0 Å². The van der Waals surface area contributed by atoms with Gasteiger partial charge in [0.1, 0.15) is 11.9 Å². The van der Waals surface area contributed by atoms with Gasteiger partial charge < -0.3 is 15.0 Å². The second-order valence-electron chi connectivity index (χ2n) is 8.53. The Kier molecular flexibility index (Phi) is 6.98. The molecule has 0 aromatic heterocycles. The summed E-state index contributed by atoms with van der Waals surface area (Å²) < 4.78 is 0. The summed E-state index contributed by atoms with van der Waals surface area (Å²) in [7, 11) is 0. The second kappa shape index (κ2) is 7.22. The number of aldehydes is 1. The van der Waals surface area contributed by atoms with Crippen LogP contribution >= 0.6 is 0 Å². The fraction of sp³-hybridized carbons (Fsp3) is 0.889. The molecule has 1 saturated carbocycles. The molecule has 1 aliphatic rings. The van der Waals surface area contributed by atoms with Crippen molar-refractivity contribution >= 4 is 12.1 Å². The number of carbonyl (C=O) groups excluding carboxylic acids is 2. The van der Waals surface area contributed by atoms with Crippen LogP contribution < -0.4 is 0 Å². The highest BCUT2D eigenvalue weighted by molar-refractivity contribution is 5.90. The van der Waals surface area contributed by atoms with Crippen molar-refractivity contribution in [3.05, 3.63) is 0 Å². The van der Waals surface area contributed by atoms with Gasteiger partial charge in [0.05, 0.1) is 11.0 Å². The van der Waals surface area contributed by atoms with Gasteiger partial charge in [0, 0.05) is 5.41 Å². The van der Waals surface area contributed by atoms with Crippen LogP contribution in [0.2, 0.25) is 0 Å². The lowest BCUT2D eigenvalue weighted by Crippen LogP contribution is -2.46. The quantitative estimate of drug-likeness (QED) is 0.784. The van der Waals surface area contributed by atoms with E-state index >= 15 is 0 Å². The van der Waals surface area contributed by atoms with Gasteiger partial charge in [0.2, 0.25) is 0 Å². The number of rotatable bonds is 3. The van der Waals surface area contributed by atoms with E-state index in [1.54, 1.807) is 34.6 Å². The van der Waals surface area contributed by atoms with E-state index in [0.717, 1.165) is 32.0 Å².